The number of rotatable bonds is 4. The van der Waals surface area contributed by atoms with Gasteiger partial charge in [-0.25, -0.2) is 5.43 Å². The predicted octanol–water partition coefficient (Wildman–Crippen LogP) is 3.32. The van der Waals surface area contributed by atoms with E-state index in [1.54, 1.807) is 12.3 Å². The van der Waals surface area contributed by atoms with Crippen molar-refractivity contribution in [3.63, 3.8) is 0 Å². The molecule has 0 fully saturated rings. The summed E-state index contributed by atoms with van der Waals surface area (Å²) in [4.78, 5) is 12.1. The molecular formula is C19H16N2O3. The number of benzene rings is 3. The van der Waals surface area contributed by atoms with E-state index in [4.69, 9.17) is 4.74 Å². The number of nitrogens with one attached hydrogen (secondary N) is 1. The number of carbonyl (C=O) groups excluding carboxylic acids is 1. The monoisotopic (exact) mass is 320 g/mol. The molecule has 3 rings (SSSR count). The third kappa shape index (κ3) is 3.20. The molecule has 1 amide bonds. The van der Waals surface area contributed by atoms with Crippen LogP contribution >= 0.6 is 0 Å². The first-order chi connectivity index (χ1) is 11.7. The third-order valence-corrected chi connectivity index (χ3v) is 3.64. The fourth-order valence-corrected chi connectivity index (χ4v) is 2.41. The fourth-order valence-electron chi connectivity index (χ4n) is 2.41. The Morgan fingerprint density at radius 3 is 2.71 bits per heavy atom. The second-order valence-electron chi connectivity index (χ2n) is 5.15. The lowest BCUT2D eigenvalue weighted by Gasteiger charge is -2.05. The summed E-state index contributed by atoms with van der Waals surface area (Å²) in [6.45, 7) is 0. The zero-order chi connectivity index (χ0) is 16.9. The minimum absolute atomic E-state index is 0.130. The van der Waals surface area contributed by atoms with Crippen molar-refractivity contribution in [3.05, 3.63) is 71.8 Å². The molecule has 0 aliphatic carbocycles. The summed E-state index contributed by atoms with van der Waals surface area (Å²) >= 11 is 0. The van der Waals surface area contributed by atoms with Crippen molar-refractivity contribution in [1.29, 1.82) is 0 Å². The van der Waals surface area contributed by atoms with Crippen LogP contribution in [0.25, 0.3) is 10.8 Å². The highest BCUT2D eigenvalue weighted by Crippen LogP contribution is 2.23. The molecule has 0 aliphatic heterocycles. The first-order valence-corrected chi connectivity index (χ1v) is 7.37. The highest BCUT2D eigenvalue weighted by atomic mass is 16.5. The minimum atomic E-state index is -0.494. The molecule has 0 atom stereocenters. The zero-order valence-corrected chi connectivity index (χ0v) is 13.1. The molecule has 24 heavy (non-hydrogen) atoms. The first-order valence-electron chi connectivity index (χ1n) is 7.37. The quantitative estimate of drug-likeness (QED) is 0.572. The van der Waals surface area contributed by atoms with Gasteiger partial charge in [-0.3, -0.25) is 4.79 Å². The largest absolute Gasteiger partial charge is 0.507 e. The number of amides is 1. The highest BCUT2D eigenvalue weighted by molar-refractivity contribution is 6.01. The van der Waals surface area contributed by atoms with E-state index in [0.717, 1.165) is 16.3 Å². The van der Waals surface area contributed by atoms with E-state index in [9.17, 15) is 9.90 Å². The Bertz CT molecular complexity index is 914. The Balaban J connectivity index is 1.77. The molecule has 3 aromatic carbocycles. The van der Waals surface area contributed by atoms with Crippen LogP contribution < -0.4 is 10.2 Å². The maximum atomic E-state index is 12.1. The van der Waals surface area contributed by atoms with Gasteiger partial charge in [0.15, 0.2) is 0 Å². The number of phenolic OH excluding ortho intramolecular Hbond substituents is 1. The Kier molecular flexibility index (Phi) is 4.43. The van der Waals surface area contributed by atoms with Crippen molar-refractivity contribution >= 4 is 22.9 Å². The molecular weight excluding hydrogens is 304 g/mol. The number of phenols is 1. The maximum Gasteiger partial charge on any atom is 0.275 e. The van der Waals surface area contributed by atoms with E-state index in [-0.39, 0.29) is 11.3 Å². The van der Waals surface area contributed by atoms with Gasteiger partial charge in [-0.15, -0.1) is 0 Å². The number of hydrogen-bond acceptors (Lipinski definition) is 4. The SMILES string of the molecule is COc1ccc(C(=O)N/N=C\c2cccc3ccccc23)c(O)c1. The number of carbonyl (C=O) groups is 1. The molecule has 0 radical (unpaired) electrons. The lowest BCUT2D eigenvalue weighted by molar-refractivity contribution is 0.0952. The van der Waals surface area contributed by atoms with Crippen molar-refractivity contribution < 1.29 is 14.6 Å². The van der Waals surface area contributed by atoms with Gasteiger partial charge in [-0.05, 0) is 22.9 Å². The average molecular weight is 320 g/mol. The van der Waals surface area contributed by atoms with E-state index < -0.39 is 5.91 Å². The number of hydrogen-bond donors (Lipinski definition) is 2. The van der Waals surface area contributed by atoms with Crippen molar-refractivity contribution in [2.24, 2.45) is 5.10 Å². The Hall–Kier alpha value is -3.34. The summed E-state index contributed by atoms with van der Waals surface area (Å²) in [6.07, 6.45) is 1.58. The van der Waals surface area contributed by atoms with Gasteiger partial charge >= 0.3 is 0 Å². The normalized spacial score (nSPS) is 10.9. The summed E-state index contributed by atoms with van der Waals surface area (Å²) in [5.41, 5.74) is 3.45. The summed E-state index contributed by atoms with van der Waals surface area (Å²) in [7, 11) is 1.49. The average Bonchev–Trinajstić information content (AvgIpc) is 2.61. The van der Waals surface area contributed by atoms with Gasteiger partial charge < -0.3 is 9.84 Å². The Morgan fingerprint density at radius 2 is 1.92 bits per heavy atom. The number of methoxy groups -OCH3 is 1. The number of fused-ring (bicyclic) bond motifs is 1. The molecule has 0 aliphatic rings. The number of nitrogens with zero attached hydrogens (tertiary/aromatic N) is 1. The molecule has 0 saturated heterocycles. The molecule has 5 nitrogen and oxygen atoms in total. The van der Waals surface area contributed by atoms with Crippen molar-refractivity contribution in [2.45, 2.75) is 0 Å². The van der Waals surface area contributed by atoms with Crippen LogP contribution in [0, 0.1) is 0 Å². The van der Waals surface area contributed by atoms with Gasteiger partial charge in [0.2, 0.25) is 0 Å². The van der Waals surface area contributed by atoms with Gasteiger partial charge in [-0.1, -0.05) is 42.5 Å². The van der Waals surface area contributed by atoms with Crippen molar-refractivity contribution in [2.75, 3.05) is 7.11 Å². The van der Waals surface area contributed by atoms with Crippen LogP contribution in [0.2, 0.25) is 0 Å². The van der Waals surface area contributed by atoms with Crippen LogP contribution in [0.5, 0.6) is 11.5 Å². The second-order valence-corrected chi connectivity index (χ2v) is 5.15. The third-order valence-electron chi connectivity index (χ3n) is 3.64. The maximum absolute atomic E-state index is 12.1. The number of aromatic hydroxyl groups is 1. The van der Waals surface area contributed by atoms with Crippen LogP contribution in [0.1, 0.15) is 15.9 Å². The molecule has 0 bridgehead atoms. The topological polar surface area (TPSA) is 70.9 Å². The molecule has 0 heterocycles. The molecule has 0 spiro atoms. The summed E-state index contributed by atoms with van der Waals surface area (Å²) in [6, 6.07) is 18.3. The highest BCUT2D eigenvalue weighted by Gasteiger charge is 2.11. The molecule has 0 unspecified atom stereocenters. The van der Waals surface area contributed by atoms with E-state index >= 15 is 0 Å². The molecule has 120 valence electrons. The van der Waals surface area contributed by atoms with E-state index in [1.165, 1.54) is 19.2 Å². The lowest BCUT2D eigenvalue weighted by atomic mass is 10.1. The molecule has 3 aromatic rings. The fraction of sp³-hybridized carbons (Fsp3) is 0.0526. The van der Waals surface area contributed by atoms with E-state index in [2.05, 4.69) is 10.5 Å². The Labute approximate surface area is 139 Å². The summed E-state index contributed by atoms with van der Waals surface area (Å²) < 4.78 is 4.99. The van der Waals surface area contributed by atoms with Gasteiger partial charge in [0, 0.05) is 11.6 Å². The van der Waals surface area contributed by atoms with Crippen molar-refractivity contribution in [3.8, 4) is 11.5 Å². The van der Waals surface area contributed by atoms with E-state index in [1.807, 2.05) is 42.5 Å². The zero-order valence-electron chi connectivity index (χ0n) is 13.1. The van der Waals surface area contributed by atoms with Crippen LogP contribution in [-0.4, -0.2) is 24.3 Å². The molecule has 0 saturated carbocycles. The minimum Gasteiger partial charge on any atom is -0.507 e. The Morgan fingerprint density at radius 1 is 1.12 bits per heavy atom. The molecule has 5 heteroatoms. The second kappa shape index (κ2) is 6.83. The van der Waals surface area contributed by atoms with Crippen molar-refractivity contribution in [1.82, 2.24) is 5.43 Å². The first kappa shape index (κ1) is 15.6. The van der Waals surface area contributed by atoms with Crippen LogP contribution in [0.3, 0.4) is 0 Å². The number of ether oxygens (including phenoxy) is 1. The smallest absolute Gasteiger partial charge is 0.275 e. The number of hydrazone groups is 1. The molecule has 2 N–H and O–H groups in total. The lowest BCUT2D eigenvalue weighted by Crippen LogP contribution is -2.17. The molecule has 0 aromatic heterocycles. The van der Waals surface area contributed by atoms with Crippen LogP contribution in [0.4, 0.5) is 0 Å². The van der Waals surface area contributed by atoms with Gasteiger partial charge in [0.05, 0.1) is 18.9 Å². The standard InChI is InChI=1S/C19H16N2O3/c1-24-15-9-10-17(18(22)11-15)19(23)21-20-12-14-7-4-6-13-5-2-3-8-16(13)14/h2-12,22H,1H3,(H,21,23)/b20-12-. The summed E-state index contributed by atoms with van der Waals surface area (Å²) in [5, 5.41) is 16.0. The van der Waals surface area contributed by atoms with Gasteiger partial charge in [0.1, 0.15) is 11.5 Å². The van der Waals surface area contributed by atoms with Gasteiger partial charge in [-0.2, -0.15) is 5.10 Å². The van der Waals surface area contributed by atoms with Crippen LogP contribution in [0.15, 0.2) is 65.8 Å². The van der Waals surface area contributed by atoms with E-state index in [0.29, 0.717) is 5.75 Å². The summed E-state index contributed by atoms with van der Waals surface area (Å²) in [5.74, 6) is -0.179. The van der Waals surface area contributed by atoms with Crippen LogP contribution in [-0.2, 0) is 0 Å². The predicted molar refractivity (Wildman–Crippen MR) is 93.7 cm³/mol. The van der Waals surface area contributed by atoms with Gasteiger partial charge in [0.25, 0.3) is 5.91 Å².